The lowest BCUT2D eigenvalue weighted by Crippen LogP contribution is -2.57. The second kappa shape index (κ2) is 16.5. The number of hydrogen-bond acceptors (Lipinski definition) is 8. The summed E-state index contributed by atoms with van der Waals surface area (Å²) in [5.74, 6) is 3.32. The molecule has 4 aliphatic heterocycles. The number of piperazine rings is 1. The number of carbonyl (C=O) groups excluding carboxylic acids is 1. The first-order chi connectivity index (χ1) is 30.7. The van der Waals surface area contributed by atoms with Crippen molar-refractivity contribution in [2.24, 2.45) is 0 Å². The fourth-order valence-corrected chi connectivity index (χ4v) is 17.5. The smallest absolute Gasteiger partial charge is 0.410 e. The minimum Gasteiger partial charge on any atom is -0.461 e. The van der Waals surface area contributed by atoms with E-state index in [1.54, 1.807) is 6.07 Å². The van der Waals surface area contributed by atoms with Crippen LogP contribution in [0.15, 0.2) is 34.7 Å². The first-order valence-electron chi connectivity index (χ1n) is 23.7. The van der Waals surface area contributed by atoms with E-state index in [1.165, 1.54) is 6.07 Å². The second-order valence-electron chi connectivity index (χ2n) is 21.4. The monoisotopic (exact) mass is 907 g/mol. The maximum atomic E-state index is 18.4. The van der Waals surface area contributed by atoms with Crippen molar-refractivity contribution in [3.63, 3.8) is 0 Å². The molecule has 1 amide bonds. The van der Waals surface area contributed by atoms with Crippen LogP contribution in [0.4, 0.5) is 23.8 Å². The van der Waals surface area contributed by atoms with E-state index in [4.69, 9.17) is 23.9 Å². The van der Waals surface area contributed by atoms with Gasteiger partial charge in [-0.1, -0.05) is 65.7 Å². The molecule has 0 aliphatic carbocycles. The molecule has 13 heteroatoms. The minimum atomic E-state index is -2.31. The molecule has 346 valence electrons. The number of furan rings is 1. The molecule has 4 saturated heterocycles. The minimum absolute atomic E-state index is 0.00794. The average Bonchev–Trinajstić information content (AvgIpc) is 3.95. The van der Waals surface area contributed by atoms with E-state index in [2.05, 4.69) is 62.8 Å². The van der Waals surface area contributed by atoms with Crippen LogP contribution in [0.2, 0.25) is 16.6 Å². The molecule has 2 aromatic heterocycles. The van der Waals surface area contributed by atoms with E-state index < -0.39 is 37.0 Å². The summed E-state index contributed by atoms with van der Waals surface area (Å²) in [5.41, 5.74) is 5.60. The number of benzene rings is 3. The quantitative estimate of drug-likeness (QED) is 0.112. The lowest BCUT2D eigenvalue weighted by atomic mass is 9.90. The van der Waals surface area contributed by atoms with Gasteiger partial charge in [-0.25, -0.2) is 18.0 Å². The molecule has 6 heterocycles. The van der Waals surface area contributed by atoms with Crippen LogP contribution in [0, 0.1) is 36.9 Å². The predicted molar refractivity (Wildman–Crippen MR) is 255 cm³/mol. The van der Waals surface area contributed by atoms with E-state index in [0.29, 0.717) is 81.6 Å². The SMILES string of the molecule is Cc1cc(-c2c(F)c3nc(OC[C@@]45CCCN4C[C@H](F)C5)nc(N4C[C@H]5CC[C@@H](C4)N5C(=O)OC(C)(C)C)c3c3cc(C)oc23)c2c(C#C[Si](C(C)C)(C(C)C)C(C)C)c(F)ccc2c1. The third-order valence-electron chi connectivity index (χ3n) is 15.0. The molecule has 0 spiro atoms. The van der Waals surface area contributed by atoms with E-state index >= 15 is 8.78 Å². The van der Waals surface area contributed by atoms with Gasteiger partial charge in [0.25, 0.3) is 0 Å². The highest BCUT2D eigenvalue weighted by molar-refractivity contribution is 6.90. The van der Waals surface area contributed by atoms with Crippen molar-refractivity contribution in [2.75, 3.05) is 37.7 Å². The molecule has 0 radical (unpaired) electrons. The maximum absolute atomic E-state index is 18.4. The summed E-state index contributed by atoms with van der Waals surface area (Å²) in [7, 11) is -2.31. The molecule has 9 rings (SSSR count). The van der Waals surface area contributed by atoms with Crippen molar-refractivity contribution >= 4 is 52.6 Å². The second-order valence-corrected chi connectivity index (χ2v) is 26.9. The van der Waals surface area contributed by atoms with Crippen molar-refractivity contribution < 1.29 is 31.9 Å². The van der Waals surface area contributed by atoms with Gasteiger partial charge in [-0.05, 0) is 112 Å². The highest BCUT2D eigenvalue weighted by Gasteiger charge is 2.50. The molecule has 4 atom stereocenters. The molecule has 0 unspecified atom stereocenters. The lowest BCUT2D eigenvalue weighted by Gasteiger charge is -2.42. The molecule has 0 saturated carbocycles. The number of aryl methyl sites for hydroxylation is 2. The maximum Gasteiger partial charge on any atom is 0.410 e. The van der Waals surface area contributed by atoms with Crippen LogP contribution in [0.5, 0.6) is 6.01 Å². The number of anilines is 1. The molecule has 0 N–H and O–H groups in total. The van der Waals surface area contributed by atoms with Crippen LogP contribution >= 0.6 is 0 Å². The van der Waals surface area contributed by atoms with Crippen LogP contribution in [0.3, 0.4) is 0 Å². The van der Waals surface area contributed by atoms with Gasteiger partial charge in [0.05, 0.1) is 34.1 Å². The Hall–Kier alpha value is -4.80. The molecule has 65 heavy (non-hydrogen) atoms. The Balaban J connectivity index is 1.26. The first-order valence-corrected chi connectivity index (χ1v) is 25.9. The Kier molecular flexibility index (Phi) is 11.5. The molecular formula is C52H64F3N5O4Si. The van der Waals surface area contributed by atoms with Gasteiger partial charge in [-0.2, -0.15) is 9.97 Å². The molecule has 2 bridgehead atoms. The largest absolute Gasteiger partial charge is 0.461 e. The third kappa shape index (κ3) is 7.74. The van der Waals surface area contributed by atoms with Crippen LogP contribution in [0.1, 0.15) is 111 Å². The van der Waals surface area contributed by atoms with Gasteiger partial charge in [0, 0.05) is 36.8 Å². The van der Waals surface area contributed by atoms with E-state index in [1.807, 2.05) is 57.7 Å². The number of halogens is 3. The fourth-order valence-electron chi connectivity index (χ4n) is 12.3. The van der Waals surface area contributed by atoms with Crippen molar-refractivity contribution in [3.8, 4) is 28.6 Å². The Bertz CT molecular complexity index is 2740. The normalized spacial score (nSPS) is 22.6. The van der Waals surface area contributed by atoms with Crippen molar-refractivity contribution in [3.05, 3.63) is 58.9 Å². The number of rotatable bonds is 8. The van der Waals surface area contributed by atoms with Crippen LogP contribution < -0.4 is 9.64 Å². The van der Waals surface area contributed by atoms with Gasteiger partial charge in [0.1, 0.15) is 54.9 Å². The zero-order valence-corrected chi connectivity index (χ0v) is 40.9. The summed E-state index contributed by atoms with van der Waals surface area (Å²) in [6.07, 6.45) is 2.35. The van der Waals surface area contributed by atoms with E-state index in [0.717, 1.165) is 43.2 Å². The summed E-state index contributed by atoms with van der Waals surface area (Å²) < 4.78 is 68.8. The molecule has 4 fully saturated rings. The van der Waals surface area contributed by atoms with Crippen LogP contribution in [0.25, 0.3) is 43.8 Å². The van der Waals surface area contributed by atoms with Gasteiger partial charge in [0.15, 0.2) is 5.82 Å². The van der Waals surface area contributed by atoms with E-state index in [9.17, 15) is 9.18 Å². The molecular weight excluding hydrogens is 844 g/mol. The third-order valence-corrected chi connectivity index (χ3v) is 21.3. The zero-order valence-electron chi connectivity index (χ0n) is 39.9. The van der Waals surface area contributed by atoms with Gasteiger partial charge >= 0.3 is 12.1 Å². The number of fused-ring (bicyclic) bond motifs is 7. The summed E-state index contributed by atoms with van der Waals surface area (Å²) in [6, 6.07) is 8.63. The number of aromatic nitrogens is 2. The lowest BCUT2D eigenvalue weighted by molar-refractivity contribution is 0.0122. The summed E-state index contributed by atoms with van der Waals surface area (Å²) in [6.45, 7) is 24.9. The first kappa shape index (κ1) is 45.4. The van der Waals surface area contributed by atoms with Gasteiger partial charge in [-0.15, -0.1) is 5.54 Å². The average molecular weight is 908 g/mol. The van der Waals surface area contributed by atoms with E-state index in [-0.39, 0.29) is 47.4 Å². The molecule has 5 aromatic rings. The van der Waals surface area contributed by atoms with Crippen molar-refractivity contribution in [1.82, 2.24) is 19.8 Å². The summed E-state index contributed by atoms with van der Waals surface area (Å²) >= 11 is 0. The van der Waals surface area contributed by atoms with Crippen LogP contribution in [-0.4, -0.2) is 96.1 Å². The zero-order chi connectivity index (χ0) is 46.5. The number of carbonyl (C=O) groups is 1. The number of nitrogens with zero attached hydrogens (tertiary/aromatic N) is 5. The van der Waals surface area contributed by atoms with Gasteiger partial charge in [0.2, 0.25) is 0 Å². The highest BCUT2D eigenvalue weighted by Crippen LogP contribution is 2.48. The Morgan fingerprint density at radius 2 is 1.66 bits per heavy atom. The Morgan fingerprint density at radius 3 is 2.32 bits per heavy atom. The van der Waals surface area contributed by atoms with Gasteiger partial charge < -0.3 is 18.8 Å². The highest BCUT2D eigenvalue weighted by atomic mass is 28.3. The summed E-state index contributed by atoms with van der Waals surface area (Å²) in [4.78, 5) is 29.7. The number of ether oxygens (including phenoxy) is 2. The molecule has 4 aliphatic rings. The summed E-state index contributed by atoms with van der Waals surface area (Å²) in [5, 5.41) is 2.32. The molecule has 3 aromatic carbocycles. The fraction of sp³-hybridized carbons (Fsp3) is 0.558. The Morgan fingerprint density at radius 1 is 0.969 bits per heavy atom. The molecule has 9 nitrogen and oxygen atoms in total. The topological polar surface area (TPSA) is 84.2 Å². The van der Waals surface area contributed by atoms with Crippen molar-refractivity contribution in [2.45, 2.75) is 154 Å². The number of hydrogen-bond donors (Lipinski definition) is 0. The van der Waals surface area contributed by atoms with Gasteiger partial charge in [-0.3, -0.25) is 9.80 Å². The predicted octanol–water partition coefficient (Wildman–Crippen LogP) is 12.2. The number of alkyl halides is 1. The van der Waals surface area contributed by atoms with Crippen LogP contribution in [-0.2, 0) is 4.74 Å². The standard InChI is InChI=1S/C52H64F3N5O4Si/c1-29(2)65(30(3)4,31(5)6)20-17-38-41(54)16-13-34-21-32(7)22-39(42(34)38)43-45(55)46-44(40-23-33(8)63-47(40)43)48(57-49(56-46)62-28-52-18-12-19-59(52)25-35(53)24-52)58-26-36-14-15-37(27-58)60(36)50(61)64-51(9,10)11/h13,16,21-23,29-31,35-37H,12,14-15,18-19,24-28H2,1-11H3/t35-,36-,37+,52+/m1/s1. The Labute approximate surface area is 382 Å². The van der Waals surface area contributed by atoms with Crippen molar-refractivity contribution in [1.29, 1.82) is 0 Å². The number of amides is 1.